The smallest absolute Gasteiger partial charge is 0.149 e. The summed E-state index contributed by atoms with van der Waals surface area (Å²) in [5.41, 5.74) is 0. The minimum atomic E-state index is 0.752. The van der Waals surface area contributed by atoms with E-state index in [2.05, 4.69) is 43.4 Å². The van der Waals surface area contributed by atoms with Crippen LogP contribution in [0.4, 0.5) is 5.82 Å². The van der Waals surface area contributed by atoms with Gasteiger partial charge in [-0.2, -0.15) is 5.10 Å². The minimum absolute atomic E-state index is 0.752. The second kappa shape index (κ2) is 5.13. The number of halogens is 1. The Kier molecular flexibility index (Phi) is 3.52. The lowest BCUT2D eigenvalue weighted by Crippen LogP contribution is -2.52. The zero-order valence-electron chi connectivity index (χ0n) is 10.6. The van der Waals surface area contributed by atoms with Crippen molar-refractivity contribution in [2.75, 3.05) is 25.5 Å². The van der Waals surface area contributed by atoms with E-state index >= 15 is 0 Å². The molecule has 3 heterocycles. The first kappa shape index (κ1) is 12.4. The number of fused-ring (bicyclic) bond motifs is 3. The molecular weight excluding hydrogens is 292 g/mol. The van der Waals surface area contributed by atoms with Gasteiger partial charge in [0, 0.05) is 23.6 Å². The first-order chi connectivity index (χ1) is 8.72. The van der Waals surface area contributed by atoms with Crippen molar-refractivity contribution in [3.8, 4) is 0 Å². The number of aromatic nitrogens is 2. The van der Waals surface area contributed by atoms with Gasteiger partial charge in [-0.15, -0.1) is 5.10 Å². The fraction of sp³-hybridized carbons (Fsp3) is 0.692. The Hall–Kier alpha value is -0.680. The highest BCUT2D eigenvalue weighted by Gasteiger charge is 2.38. The molecule has 1 aliphatic carbocycles. The Morgan fingerprint density at radius 1 is 1.50 bits per heavy atom. The van der Waals surface area contributed by atoms with Crippen LogP contribution >= 0.6 is 15.9 Å². The van der Waals surface area contributed by atoms with Crippen molar-refractivity contribution < 1.29 is 0 Å². The highest BCUT2D eigenvalue weighted by Crippen LogP contribution is 2.38. The maximum absolute atomic E-state index is 4.10. The van der Waals surface area contributed by atoms with Crippen LogP contribution in [0.25, 0.3) is 0 Å². The van der Waals surface area contributed by atoms with E-state index in [0.29, 0.717) is 0 Å². The Morgan fingerprint density at radius 2 is 2.39 bits per heavy atom. The molecule has 4 nitrogen and oxygen atoms in total. The van der Waals surface area contributed by atoms with Gasteiger partial charge in [-0.05, 0) is 60.1 Å². The molecule has 3 fully saturated rings. The molecule has 0 radical (unpaired) electrons. The zero-order chi connectivity index (χ0) is 12.5. The topological polar surface area (TPSA) is 41.0 Å². The predicted octanol–water partition coefficient (Wildman–Crippen LogP) is 2.38. The van der Waals surface area contributed by atoms with Crippen molar-refractivity contribution in [2.45, 2.75) is 25.3 Å². The summed E-state index contributed by atoms with van der Waals surface area (Å²) in [6.45, 7) is 2.30. The van der Waals surface area contributed by atoms with Crippen molar-refractivity contribution >= 4 is 21.7 Å². The third-order valence-corrected chi connectivity index (χ3v) is 4.76. The molecule has 4 rings (SSSR count). The van der Waals surface area contributed by atoms with E-state index in [-0.39, 0.29) is 0 Å². The molecule has 3 atom stereocenters. The number of anilines is 1. The maximum atomic E-state index is 4.10. The normalized spacial score (nSPS) is 31.6. The Labute approximate surface area is 116 Å². The standard InChI is InChI=1S/C13H19BrN4/c1-18-8-9-2-3-12(18)10(4-9)6-15-13-5-11(14)7-16-17-13/h5,7,9-10,12H,2-4,6,8H2,1H3,(H,15,17). The van der Waals surface area contributed by atoms with Gasteiger partial charge >= 0.3 is 0 Å². The van der Waals surface area contributed by atoms with Gasteiger partial charge in [-0.25, -0.2) is 0 Å². The quantitative estimate of drug-likeness (QED) is 0.930. The first-order valence-electron chi connectivity index (χ1n) is 6.64. The number of hydrogen-bond donors (Lipinski definition) is 1. The Bertz CT molecular complexity index is 425. The molecule has 3 unspecified atom stereocenters. The molecule has 98 valence electrons. The number of hydrogen-bond acceptors (Lipinski definition) is 4. The van der Waals surface area contributed by atoms with Gasteiger partial charge in [0.2, 0.25) is 0 Å². The van der Waals surface area contributed by atoms with Gasteiger partial charge in [-0.1, -0.05) is 0 Å². The molecule has 0 spiro atoms. The molecule has 5 heteroatoms. The van der Waals surface area contributed by atoms with E-state index in [1.165, 1.54) is 25.8 Å². The molecule has 1 N–H and O–H groups in total. The second-order valence-electron chi connectivity index (χ2n) is 5.59. The zero-order valence-corrected chi connectivity index (χ0v) is 12.2. The third kappa shape index (κ3) is 2.52. The molecule has 0 amide bonds. The fourth-order valence-electron chi connectivity index (χ4n) is 3.52. The minimum Gasteiger partial charge on any atom is -0.368 e. The van der Waals surface area contributed by atoms with Crippen LogP contribution in [0.1, 0.15) is 19.3 Å². The number of nitrogens with zero attached hydrogens (tertiary/aromatic N) is 3. The Balaban J connectivity index is 1.60. The summed E-state index contributed by atoms with van der Waals surface area (Å²) in [6.07, 6.45) is 5.85. The summed E-state index contributed by atoms with van der Waals surface area (Å²) in [7, 11) is 2.27. The fourth-order valence-corrected chi connectivity index (χ4v) is 3.83. The highest BCUT2D eigenvalue weighted by atomic mass is 79.9. The number of nitrogens with one attached hydrogen (secondary N) is 1. The van der Waals surface area contributed by atoms with Crippen molar-refractivity contribution in [3.63, 3.8) is 0 Å². The largest absolute Gasteiger partial charge is 0.368 e. The van der Waals surface area contributed by atoms with Gasteiger partial charge in [-0.3, -0.25) is 0 Å². The van der Waals surface area contributed by atoms with Crippen LogP contribution < -0.4 is 5.32 Å². The summed E-state index contributed by atoms with van der Waals surface area (Å²) in [5.74, 6) is 2.53. The molecule has 1 saturated carbocycles. The number of piperidine rings is 2. The molecule has 3 aliphatic rings. The third-order valence-electron chi connectivity index (χ3n) is 4.33. The van der Waals surface area contributed by atoms with Crippen LogP contribution in [0.2, 0.25) is 0 Å². The lowest BCUT2D eigenvalue weighted by atomic mass is 9.73. The van der Waals surface area contributed by atoms with Crippen molar-refractivity contribution in [1.82, 2.24) is 15.1 Å². The summed E-state index contributed by atoms with van der Waals surface area (Å²) >= 11 is 3.42. The van der Waals surface area contributed by atoms with Crippen LogP contribution in [-0.2, 0) is 0 Å². The number of rotatable bonds is 3. The first-order valence-corrected chi connectivity index (χ1v) is 7.44. The molecule has 0 aromatic carbocycles. The molecule has 2 aliphatic heterocycles. The molecule has 2 saturated heterocycles. The van der Waals surface area contributed by atoms with Gasteiger partial charge in [0.15, 0.2) is 0 Å². The van der Waals surface area contributed by atoms with E-state index in [9.17, 15) is 0 Å². The van der Waals surface area contributed by atoms with Crippen molar-refractivity contribution in [1.29, 1.82) is 0 Å². The van der Waals surface area contributed by atoms with Crippen molar-refractivity contribution in [2.24, 2.45) is 11.8 Å². The molecule has 2 bridgehead atoms. The van der Waals surface area contributed by atoms with E-state index in [1.807, 2.05) is 6.07 Å². The van der Waals surface area contributed by atoms with Gasteiger partial charge in [0.25, 0.3) is 0 Å². The molecular formula is C13H19BrN4. The van der Waals surface area contributed by atoms with E-state index < -0.39 is 0 Å². The van der Waals surface area contributed by atoms with Crippen LogP contribution in [0.5, 0.6) is 0 Å². The Morgan fingerprint density at radius 3 is 3.11 bits per heavy atom. The van der Waals surface area contributed by atoms with Gasteiger partial charge < -0.3 is 10.2 Å². The van der Waals surface area contributed by atoms with E-state index in [1.54, 1.807) is 6.20 Å². The maximum Gasteiger partial charge on any atom is 0.149 e. The van der Waals surface area contributed by atoms with Crippen molar-refractivity contribution in [3.05, 3.63) is 16.7 Å². The summed E-state index contributed by atoms with van der Waals surface area (Å²) in [4.78, 5) is 2.54. The van der Waals surface area contributed by atoms with Crippen LogP contribution in [-0.4, -0.2) is 41.3 Å². The monoisotopic (exact) mass is 310 g/mol. The average molecular weight is 311 g/mol. The lowest BCUT2D eigenvalue weighted by Gasteiger charge is -2.48. The van der Waals surface area contributed by atoms with Gasteiger partial charge in [0.1, 0.15) is 5.82 Å². The summed E-state index contributed by atoms with van der Waals surface area (Å²) < 4.78 is 0.974. The SMILES string of the molecule is CN1CC2CCC1C(CNc1cc(Br)cnn1)C2. The lowest BCUT2D eigenvalue weighted by molar-refractivity contribution is 0.0256. The average Bonchev–Trinajstić information content (AvgIpc) is 2.37. The van der Waals surface area contributed by atoms with E-state index in [0.717, 1.165) is 34.7 Å². The highest BCUT2D eigenvalue weighted by molar-refractivity contribution is 9.10. The second-order valence-corrected chi connectivity index (χ2v) is 6.50. The van der Waals surface area contributed by atoms with E-state index in [4.69, 9.17) is 0 Å². The van der Waals surface area contributed by atoms with Crippen LogP contribution in [0.15, 0.2) is 16.7 Å². The predicted molar refractivity (Wildman–Crippen MR) is 75.5 cm³/mol. The summed E-state index contributed by atoms with van der Waals surface area (Å²) in [6, 6.07) is 2.74. The van der Waals surface area contributed by atoms with Crippen LogP contribution in [0, 0.1) is 11.8 Å². The molecule has 18 heavy (non-hydrogen) atoms. The summed E-state index contributed by atoms with van der Waals surface area (Å²) in [5, 5.41) is 11.5. The van der Waals surface area contributed by atoms with Gasteiger partial charge in [0.05, 0.1) is 6.20 Å². The molecule has 1 aromatic heterocycles. The molecule has 1 aromatic rings. The van der Waals surface area contributed by atoms with Crippen LogP contribution in [0.3, 0.4) is 0 Å².